The lowest BCUT2D eigenvalue weighted by molar-refractivity contribution is -0.451. The van der Waals surface area contributed by atoms with Crippen LogP contribution in [-0.2, 0) is 14.2 Å². The standard InChI is InChI=1S/C25H39NO5/c1-16(27)18-7-8-24-19-6-5-17-13-23(29-4)10-9-21(17,2)25(19,31-23)20(28)14-22(18,24)15-26(3)11-12-30-24/h7,16-17,19-20,27-28H,5-6,8-15H2,1-4H3. The zero-order chi connectivity index (χ0) is 21.9. The molecule has 0 radical (unpaired) electrons. The molecular weight excluding hydrogens is 394 g/mol. The van der Waals surface area contributed by atoms with Crippen molar-refractivity contribution in [2.24, 2.45) is 22.7 Å². The minimum atomic E-state index is -0.656. The van der Waals surface area contributed by atoms with Gasteiger partial charge in [-0.15, -0.1) is 0 Å². The SMILES string of the molecule is COC12CCC3(C)C(CCC4C56CC=C(C(C)O)C5(CC(O)C43O1)CN(C)CCO6)C2. The van der Waals surface area contributed by atoms with Gasteiger partial charge in [-0.3, -0.25) is 0 Å². The van der Waals surface area contributed by atoms with Crippen molar-refractivity contribution >= 4 is 0 Å². The number of ether oxygens (including phenoxy) is 3. The number of nitrogens with zero attached hydrogens (tertiary/aromatic N) is 1. The molecule has 9 atom stereocenters. The second-order valence-corrected chi connectivity index (χ2v) is 11.8. The molecule has 7 aliphatic rings. The fourth-order valence-electron chi connectivity index (χ4n) is 9.57. The number of rotatable bonds is 2. The maximum absolute atomic E-state index is 12.1. The van der Waals surface area contributed by atoms with Gasteiger partial charge in [0.2, 0.25) is 0 Å². The molecule has 3 saturated carbocycles. The van der Waals surface area contributed by atoms with Crippen LogP contribution in [0.3, 0.4) is 0 Å². The van der Waals surface area contributed by atoms with E-state index in [0.29, 0.717) is 18.9 Å². The largest absolute Gasteiger partial charge is 0.390 e. The van der Waals surface area contributed by atoms with Crippen LogP contribution in [-0.4, -0.2) is 78.2 Å². The Morgan fingerprint density at radius 1 is 1.26 bits per heavy atom. The Bertz CT molecular complexity index is 816. The maximum Gasteiger partial charge on any atom is 0.169 e. The zero-order valence-corrected chi connectivity index (χ0v) is 19.5. The van der Waals surface area contributed by atoms with Gasteiger partial charge in [-0.25, -0.2) is 0 Å². The molecular formula is C25H39NO5. The van der Waals surface area contributed by atoms with Crippen LogP contribution >= 0.6 is 0 Å². The van der Waals surface area contributed by atoms with E-state index in [1.807, 2.05) is 6.92 Å². The van der Waals surface area contributed by atoms with Crippen molar-refractivity contribution in [1.29, 1.82) is 0 Å². The Balaban J connectivity index is 1.56. The Kier molecular flexibility index (Phi) is 4.30. The van der Waals surface area contributed by atoms with Crippen molar-refractivity contribution in [3.63, 3.8) is 0 Å². The molecule has 4 aliphatic carbocycles. The Morgan fingerprint density at radius 3 is 2.81 bits per heavy atom. The molecule has 3 aliphatic heterocycles. The molecule has 0 aromatic carbocycles. The normalized spacial score (nSPS) is 56.8. The van der Waals surface area contributed by atoms with Gasteiger partial charge in [-0.05, 0) is 57.6 Å². The highest BCUT2D eigenvalue weighted by Crippen LogP contribution is 2.76. The Morgan fingerprint density at radius 2 is 2.06 bits per heavy atom. The van der Waals surface area contributed by atoms with Gasteiger partial charge in [-0.2, -0.15) is 0 Å². The van der Waals surface area contributed by atoms with E-state index < -0.39 is 29.2 Å². The quantitative estimate of drug-likeness (QED) is 0.652. The molecule has 0 aromatic rings. The summed E-state index contributed by atoms with van der Waals surface area (Å²) >= 11 is 0. The molecule has 6 nitrogen and oxygen atoms in total. The minimum absolute atomic E-state index is 0.0777. The molecule has 6 fully saturated rings. The van der Waals surface area contributed by atoms with Crippen LogP contribution < -0.4 is 0 Å². The third-order valence-electron chi connectivity index (χ3n) is 10.8. The Labute approximate surface area is 185 Å². The second-order valence-electron chi connectivity index (χ2n) is 11.8. The molecule has 174 valence electrons. The van der Waals surface area contributed by atoms with Gasteiger partial charge in [0, 0.05) is 49.8 Å². The summed E-state index contributed by atoms with van der Waals surface area (Å²) in [5, 5.41) is 22.9. The molecule has 9 unspecified atom stereocenters. The van der Waals surface area contributed by atoms with Crippen LogP contribution in [0.1, 0.15) is 58.8 Å². The van der Waals surface area contributed by atoms with Crippen molar-refractivity contribution < 1.29 is 24.4 Å². The van der Waals surface area contributed by atoms with E-state index in [-0.39, 0.29) is 16.7 Å². The molecule has 1 spiro atoms. The van der Waals surface area contributed by atoms with E-state index in [9.17, 15) is 10.2 Å². The lowest BCUT2D eigenvalue weighted by Gasteiger charge is -2.76. The molecule has 4 bridgehead atoms. The number of aliphatic hydroxyl groups is 2. The third kappa shape index (κ3) is 2.21. The summed E-state index contributed by atoms with van der Waals surface area (Å²) in [5.41, 5.74) is -0.498. The van der Waals surface area contributed by atoms with Crippen LogP contribution in [0.15, 0.2) is 11.6 Å². The highest BCUT2D eigenvalue weighted by molar-refractivity contribution is 5.40. The number of aliphatic hydroxyl groups excluding tert-OH is 2. The first-order valence-corrected chi connectivity index (χ1v) is 12.3. The van der Waals surface area contributed by atoms with Gasteiger partial charge in [0.1, 0.15) is 5.60 Å². The molecule has 31 heavy (non-hydrogen) atoms. The van der Waals surface area contributed by atoms with Crippen LogP contribution in [0.5, 0.6) is 0 Å². The summed E-state index contributed by atoms with van der Waals surface area (Å²) in [6, 6.07) is 0. The van der Waals surface area contributed by atoms with E-state index in [0.717, 1.165) is 57.2 Å². The van der Waals surface area contributed by atoms with Crippen molar-refractivity contribution in [1.82, 2.24) is 4.90 Å². The summed E-state index contributed by atoms with van der Waals surface area (Å²) in [7, 11) is 3.91. The summed E-state index contributed by atoms with van der Waals surface area (Å²) < 4.78 is 20.1. The van der Waals surface area contributed by atoms with E-state index >= 15 is 0 Å². The topological polar surface area (TPSA) is 71.4 Å². The highest BCUT2D eigenvalue weighted by atomic mass is 16.7. The van der Waals surface area contributed by atoms with Gasteiger partial charge in [0.25, 0.3) is 0 Å². The smallest absolute Gasteiger partial charge is 0.169 e. The number of hydrogen-bond acceptors (Lipinski definition) is 6. The predicted octanol–water partition coefficient (Wildman–Crippen LogP) is 2.48. The molecule has 7 rings (SSSR count). The fourth-order valence-corrected chi connectivity index (χ4v) is 9.57. The molecule has 6 heteroatoms. The zero-order valence-electron chi connectivity index (χ0n) is 19.5. The first-order chi connectivity index (χ1) is 14.7. The lowest BCUT2D eigenvalue weighted by atomic mass is 9.38. The number of methoxy groups -OCH3 is 1. The first kappa shape index (κ1) is 21.1. The van der Waals surface area contributed by atoms with Gasteiger partial charge in [-0.1, -0.05) is 13.0 Å². The molecule has 3 heterocycles. The predicted molar refractivity (Wildman–Crippen MR) is 115 cm³/mol. The average Bonchev–Trinajstić information content (AvgIpc) is 2.94. The van der Waals surface area contributed by atoms with Crippen molar-refractivity contribution in [3.8, 4) is 0 Å². The van der Waals surface area contributed by atoms with Crippen molar-refractivity contribution in [3.05, 3.63) is 11.6 Å². The van der Waals surface area contributed by atoms with Crippen molar-refractivity contribution in [2.75, 3.05) is 33.9 Å². The van der Waals surface area contributed by atoms with Gasteiger partial charge in [0.15, 0.2) is 5.79 Å². The van der Waals surface area contributed by atoms with Crippen LogP contribution in [0, 0.1) is 22.7 Å². The third-order valence-corrected chi connectivity index (χ3v) is 10.8. The van der Waals surface area contributed by atoms with E-state index in [4.69, 9.17) is 14.2 Å². The summed E-state index contributed by atoms with van der Waals surface area (Å²) in [5.74, 6) is 0.00208. The Hall–Kier alpha value is -0.500. The first-order valence-electron chi connectivity index (χ1n) is 12.3. The van der Waals surface area contributed by atoms with E-state index in [1.165, 1.54) is 0 Å². The monoisotopic (exact) mass is 433 g/mol. The summed E-state index contributed by atoms with van der Waals surface area (Å²) in [6.07, 6.45) is 7.45. The fraction of sp³-hybridized carbons (Fsp3) is 0.920. The maximum atomic E-state index is 12.1. The second kappa shape index (κ2) is 6.34. The van der Waals surface area contributed by atoms with Crippen molar-refractivity contribution in [2.45, 2.75) is 88.0 Å². The number of hydrogen-bond donors (Lipinski definition) is 2. The summed E-state index contributed by atoms with van der Waals surface area (Å²) in [6.45, 7) is 6.60. The van der Waals surface area contributed by atoms with Gasteiger partial charge < -0.3 is 29.3 Å². The number of likely N-dealkylation sites (N-methyl/N-ethyl adjacent to an activating group) is 1. The highest BCUT2D eigenvalue weighted by Gasteiger charge is 2.81. The van der Waals surface area contributed by atoms with Crippen LogP contribution in [0.2, 0.25) is 0 Å². The minimum Gasteiger partial charge on any atom is -0.390 e. The van der Waals surface area contributed by atoms with Gasteiger partial charge >= 0.3 is 0 Å². The van der Waals surface area contributed by atoms with Crippen LogP contribution in [0.4, 0.5) is 0 Å². The molecule has 0 aromatic heterocycles. The molecule has 2 N–H and O–H groups in total. The number of fused-ring (bicyclic) bond motifs is 1. The average molecular weight is 434 g/mol. The van der Waals surface area contributed by atoms with E-state index in [1.54, 1.807) is 7.11 Å². The molecule has 0 amide bonds. The lowest BCUT2D eigenvalue weighted by Crippen LogP contribution is -2.83. The summed E-state index contributed by atoms with van der Waals surface area (Å²) in [4.78, 5) is 2.33. The van der Waals surface area contributed by atoms with Crippen LogP contribution in [0.25, 0.3) is 0 Å². The van der Waals surface area contributed by atoms with Gasteiger partial charge in [0.05, 0.1) is 24.4 Å². The molecule has 3 saturated heterocycles. The van der Waals surface area contributed by atoms with E-state index in [2.05, 4.69) is 24.9 Å².